The Bertz CT molecular complexity index is 285. The van der Waals surface area contributed by atoms with Crippen LogP contribution < -0.4 is 11.1 Å². The topological polar surface area (TPSA) is 68.0 Å². The Morgan fingerprint density at radius 3 is 3.08 bits per heavy atom. The van der Waals surface area contributed by atoms with E-state index in [0.29, 0.717) is 0 Å². The molecule has 0 unspecified atom stereocenters. The first-order valence-electron chi connectivity index (χ1n) is 3.63. The van der Waals surface area contributed by atoms with Gasteiger partial charge < -0.3 is 11.1 Å². The highest BCUT2D eigenvalue weighted by atomic mass is 16.1. The molecule has 0 aliphatic carbocycles. The van der Waals surface area contributed by atoms with Crippen LogP contribution in [0.2, 0.25) is 0 Å². The lowest BCUT2D eigenvalue weighted by Gasteiger charge is -2.00. The molecule has 64 valence electrons. The first-order chi connectivity index (χ1) is 5.72. The van der Waals surface area contributed by atoms with Gasteiger partial charge >= 0.3 is 0 Å². The Labute approximate surface area is 70.8 Å². The highest BCUT2D eigenvalue weighted by Crippen LogP contribution is 2.05. The average molecular weight is 165 g/mol. The van der Waals surface area contributed by atoms with Crippen LogP contribution in [-0.2, 0) is 11.2 Å². The zero-order valence-electron chi connectivity index (χ0n) is 6.87. The summed E-state index contributed by atoms with van der Waals surface area (Å²) in [5.41, 5.74) is 5.91. The van der Waals surface area contributed by atoms with Crippen LogP contribution in [0.1, 0.15) is 5.56 Å². The molecule has 0 spiro atoms. The van der Waals surface area contributed by atoms with Crippen molar-refractivity contribution in [2.24, 2.45) is 5.73 Å². The molecule has 0 saturated heterocycles. The van der Waals surface area contributed by atoms with E-state index in [1.807, 2.05) is 0 Å². The maximum Gasteiger partial charge on any atom is 0.221 e. The standard InChI is InChI=1S/C8H11N3O/c1-10-8-5-6(2-3-11-8)4-7(9)12/h2-3,5H,4H2,1H3,(H2,9,12)(H,10,11). The van der Waals surface area contributed by atoms with Crippen molar-refractivity contribution in [2.75, 3.05) is 12.4 Å². The quantitative estimate of drug-likeness (QED) is 0.670. The van der Waals surface area contributed by atoms with E-state index >= 15 is 0 Å². The van der Waals surface area contributed by atoms with Gasteiger partial charge in [-0.3, -0.25) is 4.79 Å². The molecular formula is C8H11N3O. The zero-order chi connectivity index (χ0) is 8.97. The second-order valence-corrected chi connectivity index (χ2v) is 2.44. The molecule has 0 aromatic carbocycles. The molecule has 1 aromatic rings. The van der Waals surface area contributed by atoms with Crippen molar-refractivity contribution in [3.63, 3.8) is 0 Å². The molecule has 1 rings (SSSR count). The van der Waals surface area contributed by atoms with E-state index in [-0.39, 0.29) is 12.3 Å². The number of nitrogens with two attached hydrogens (primary N) is 1. The van der Waals surface area contributed by atoms with Gasteiger partial charge in [0.25, 0.3) is 0 Å². The van der Waals surface area contributed by atoms with E-state index in [1.54, 1.807) is 25.4 Å². The zero-order valence-corrected chi connectivity index (χ0v) is 6.87. The summed E-state index contributed by atoms with van der Waals surface area (Å²) in [5, 5.41) is 2.88. The highest BCUT2D eigenvalue weighted by Gasteiger charge is 1.98. The highest BCUT2D eigenvalue weighted by molar-refractivity contribution is 5.76. The first kappa shape index (κ1) is 8.52. The van der Waals surface area contributed by atoms with Gasteiger partial charge in [-0.15, -0.1) is 0 Å². The number of nitrogens with zero attached hydrogens (tertiary/aromatic N) is 1. The van der Waals surface area contributed by atoms with E-state index in [2.05, 4.69) is 10.3 Å². The summed E-state index contributed by atoms with van der Waals surface area (Å²) in [4.78, 5) is 14.6. The van der Waals surface area contributed by atoms with Crippen molar-refractivity contribution in [1.82, 2.24) is 4.98 Å². The van der Waals surface area contributed by atoms with Gasteiger partial charge in [0, 0.05) is 13.2 Å². The smallest absolute Gasteiger partial charge is 0.221 e. The number of pyridine rings is 1. The molecule has 0 atom stereocenters. The van der Waals surface area contributed by atoms with Crippen molar-refractivity contribution >= 4 is 11.7 Å². The Hall–Kier alpha value is -1.58. The van der Waals surface area contributed by atoms with Crippen molar-refractivity contribution in [3.8, 4) is 0 Å². The Morgan fingerprint density at radius 2 is 2.50 bits per heavy atom. The number of nitrogens with one attached hydrogen (secondary N) is 1. The second-order valence-electron chi connectivity index (χ2n) is 2.44. The van der Waals surface area contributed by atoms with E-state index in [1.165, 1.54) is 0 Å². The Balaban J connectivity index is 2.79. The third-order valence-electron chi connectivity index (χ3n) is 1.46. The summed E-state index contributed by atoms with van der Waals surface area (Å²) >= 11 is 0. The predicted octanol–water partition coefficient (Wildman–Crippen LogP) is 0.151. The van der Waals surface area contributed by atoms with Crippen molar-refractivity contribution in [1.29, 1.82) is 0 Å². The van der Waals surface area contributed by atoms with Gasteiger partial charge in [0.05, 0.1) is 6.42 Å². The summed E-state index contributed by atoms with van der Waals surface area (Å²) in [6.45, 7) is 0. The molecule has 0 aliphatic heterocycles. The van der Waals surface area contributed by atoms with Crippen LogP contribution in [0, 0.1) is 0 Å². The van der Waals surface area contributed by atoms with Crippen LogP contribution in [0.15, 0.2) is 18.3 Å². The molecule has 0 bridgehead atoms. The van der Waals surface area contributed by atoms with E-state index < -0.39 is 0 Å². The average Bonchev–Trinajstić information content (AvgIpc) is 2.03. The fourth-order valence-electron chi connectivity index (χ4n) is 0.922. The normalized spacial score (nSPS) is 9.42. The van der Waals surface area contributed by atoms with Crippen LogP contribution in [-0.4, -0.2) is 17.9 Å². The van der Waals surface area contributed by atoms with Crippen LogP contribution in [0.3, 0.4) is 0 Å². The summed E-state index contributed by atoms with van der Waals surface area (Å²) in [7, 11) is 1.77. The lowest BCUT2D eigenvalue weighted by Crippen LogP contribution is -2.13. The molecule has 4 nitrogen and oxygen atoms in total. The lowest BCUT2D eigenvalue weighted by atomic mass is 10.2. The SMILES string of the molecule is CNc1cc(CC(N)=O)ccn1. The maximum absolute atomic E-state index is 10.5. The third kappa shape index (κ3) is 2.23. The van der Waals surface area contributed by atoms with Crippen molar-refractivity contribution in [2.45, 2.75) is 6.42 Å². The number of hydrogen-bond donors (Lipinski definition) is 2. The number of amides is 1. The molecule has 1 aromatic heterocycles. The summed E-state index contributed by atoms with van der Waals surface area (Å²) in [6.07, 6.45) is 1.90. The van der Waals surface area contributed by atoms with Crippen LogP contribution in [0.4, 0.5) is 5.82 Å². The van der Waals surface area contributed by atoms with Crippen LogP contribution in [0.5, 0.6) is 0 Å². The maximum atomic E-state index is 10.5. The summed E-state index contributed by atoms with van der Waals surface area (Å²) < 4.78 is 0. The Kier molecular flexibility index (Phi) is 2.63. The number of carbonyl (C=O) groups is 1. The molecule has 4 heteroatoms. The molecule has 0 radical (unpaired) electrons. The number of carbonyl (C=O) groups excluding carboxylic acids is 1. The number of primary amides is 1. The fraction of sp³-hybridized carbons (Fsp3) is 0.250. The first-order valence-corrected chi connectivity index (χ1v) is 3.63. The van der Waals surface area contributed by atoms with Gasteiger partial charge in [0.2, 0.25) is 5.91 Å². The van der Waals surface area contributed by atoms with E-state index in [4.69, 9.17) is 5.73 Å². The molecule has 0 saturated carbocycles. The van der Waals surface area contributed by atoms with Crippen LogP contribution in [0.25, 0.3) is 0 Å². The second kappa shape index (κ2) is 3.71. The van der Waals surface area contributed by atoms with Crippen molar-refractivity contribution in [3.05, 3.63) is 23.9 Å². The van der Waals surface area contributed by atoms with Crippen molar-refractivity contribution < 1.29 is 4.79 Å². The van der Waals surface area contributed by atoms with Gasteiger partial charge in [-0.25, -0.2) is 4.98 Å². The third-order valence-corrected chi connectivity index (χ3v) is 1.46. The monoisotopic (exact) mass is 165 g/mol. The lowest BCUT2D eigenvalue weighted by molar-refractivity contribution is -0.117. The molecule has 12 heavy (non-hydrogen) atoms. The molecule has 1 amide bonds. The minimum atomic E-state index is -0.330. The van der Waals surface area contributed by atoms with Gasteiger partial charge in [0.15, 0.2) is 0 Å². The largest absolute Gasteiger partial charge is 0.373 e. The van der Waals surface area contributed by atoms with Gasteiger partial charge in [-0.2, -0.15) is 0 Å². The number of anilines is 1. The van der Waals surface area contributed by atoms with Crippen LogP contribution >= 0.6 is 0 Å². The number of hydrogen-bond acceptors (Lipinski definition) is 3. The predicted molar refractivity (Wildman–Crippen MR) is 46.7 cm³/mol. The minimum absolute atomic E-state index is 0.261. The van der Waals surface area contributed by atoms with E-state index in [0.717, 1.165) is 11.4 Å². The Morgan fingerprint density at radius 1 is 1.75 bits per heavy atom. The molecule has 3 N–H and O–H groups in total. The molecular weight excluding hydrogens is 154 g/mol. The van der Waals surface area contributed by atoms with Gasteiger partial charge in [0.1, 0.15) is 5.82 Å². The number of rotatable bonds is 3. The van der Waals surface area contributed by atoms with Gasteiger partial charge in [-0.05, 0) is 17.7 Å². The minimum Gasteiger partial charge on any atom is -0.373 e. The molecule has 1 heterocycles. The summed E-state index contributed by atoms with van der Waals surface area (Å²) in [5.74, 6) is 0.414. The fourth-order valence-corrected chi connectivity index (χ4v) is 0.922. The molecule has 0 fully saturated rings. The van der Waals surface area contributed by atoms with E-state index in [9.17, 15) is 4.79 Å². The summed E-state index contributed by atoms with van der Waals surface area (Å²) in [6, 6.07) is 3.57. The number of aromatic nitrogens is 1. The van der Waals surface area contributed by atoms with Gasteiger partial charge in [-0.1, -0.05) is 0 Å². The molecule has 0 aliphatic rings.